The van der Waals surface area contributed by atoms with Gasteiger partial charge in [0.25, 0.3) is 0 Å². The van der Waals surface area contributed by atoms with Crippen molar-refractivity contribution in [2.45, 2.75) is 27.2 Å². The summed E-state index contributed by atoms with van der Waals surface area (Å²) in [5.41, 5.74) is 2.71. The molecule has 148 valence electrons. The number of piperazine rings is 1. The molecule has 0 aliphatic carbocycles. The Morgan fingerprint density at radius 1 is 1.11 bits per heavy atom. The molecule has 8 nitrogen and oxygen atoms in total. The molecule has 0 radical (unpaired) electrons. The normalized spacial score (nSPS) is 14.1. The van der Waals surface area contributed by atoms with Crippen molar-refractivity contribution in [3.63, 3.8) is 0 Å². The Kier molecular flexibility index (Phi) is 6.18. The van der Waals surface area contributed by atoms with Crippen LogP contribution in [0.1, 0.15) is 24.6 Å². The number of carbonyl (C=O) groups is 2. The van der Waals surface area contributed by atoms with E-state index >= 15 is 0 Å². The van der Waals surface area contributed by atoms with Gasteiger partial charge >= 0.3 is 0 Å². The summed E-state index contributed by atoms with van der Waals surface area (Å²) in [6.45, 7) is 8.36. The number of carbonyl (C=O) groups excluding carboxylic acids is 2. The summed E-state index contributed by atoms with van der Waals surface area (Å²) in [6.07, 6.45) is 3.83. The maximum Gasteiger partial charge on any atom is 0.224 e. The van der Waals surface area contributed by atoms with Gasteiger partial charge in [-0.25, -0.2) is 9.97 Å². The molecule has 8 heteroatoms. The molecule has 3 heterocycles. The number of rotatable bonds is 5. The lowest BCUT2D eigenvalue weighted by Crippen LogP contribution is -2.50. The molecule has 0 aromatic carbocycles. The van der Waals surface area contributed by atoms with Crippen molar-refractivity contribution in [1.82, 2.24) is 24.8 Å². The fourth-order valence-corrected chi connectivity index (χ4v) is 3.14. The molecule has 3 rings (SSSR count). The van der Waals surface area contributed by atoms with Gasteiger partial charge in [-0.2, -0.15) is 0 Å². The molecule has 0 unspecified atom stereocenters. The molecular formula is C20H26N6O2. The molecule has 1 saturated heterocycles. The van der Waals surface area contributed by atoms with Crippen LogP contribution in [0, 0.1) is 13.8 Å². The third-order valence-corrected chi connectivity index (χ3v) is 5.02. The van der Waals surface area contributed by atoms with Crippen LogP contribution in [0.25, 0.3) is 11.4 Å². The fraction of sp³-hybridized carbons (Fsp3) is 0.450. The molecule has 1 fully saturated rings. The topological polar surface area (TPSA) is 91.3 Å². The monoisotopic (exact) mass is 382 g/mol. The van der Waals surface area contributed by atoms with E-state index in [0.29, 0.717) is 45.0 Å². The predicted octanol–water partition coefficient (Wildman–Crippen LogP) is 1.65. The molecule has 28 heavy (non-hydrogen) atoms. The number of amides is 2. The highest BCUT2D eigenvalue weighted by Gasteiger charge is 2.22. The second-order valence-corrected chi connectivity index (χ2v) is 6.91. The Hall–Kier alpha value is -3.03. The number of anilines is 1. The maximum absolute atomic E-state index is 12.4. The van der Waals surface area contributed by atoms with E-state index in [0.717, 1.165) is 22.6 Å². The van der Waals surface area contributed by atoms with E-state index in [1.54, 1.807) is 24.2 Å². The van der Waals surface area contributed by atoms with Crippen LogP contribution in [0.2, 0.25) is 0 Å². The summed E-state index contributed by atoms with van der Waals surface area (Å²) in [5, 5.41) is 3.28. The van der Waals surface area contributed by atoms with Crippen molar-refractivity contribution < 1.29 is 9.59 Å². The quantitative estimate of drug-likeness (QED) is 0.845. The van der Waals surface area contributed by atoms with Crippen molar-refractivity contribution in [3.05, 3.63) is 35.8 Å². The van der Waals surface area contributed by atoms with Crippen molar-refractivity contribution >= 4 is 17.6 Å². The zero-order chi connectivity index (χ0) is 20.1. The first-order chi connectivity index (χ1) is 13.5. The lowest BCUT2D eigenvalue weighted by Gasteiger charge is -2.34. The molecule has 0 atom stereocenters. The SMILES string of the molecule is CC(=O)N1CCN(C(=O)CCNc2nc(-c3cccnc3)nc(C)c2C)CC1. The minimum Gasteiger partial charge on any atom is -0.369 e. The van der Waals surface area contributed by atoms with Gasteiger partial charge in [-0.05, 0) is 26.0 Å². The van der Waals surface area contributed by atoms with Crippen LogP contribution >= 0.6 is 0 Å². The van der Waals surface area contributed by atoms with E-state index < -0.39 is 0 Å². The lowest BCUT2D eigenvalue weighted by molar-refractivity contribution is -0.138. The zero-order valence-electron chi connectivity index (χ0n) is 16.6. The minimum absolute atomic E-state index is 0.0628. The van der Waals surface area contributed by atoms with Crippen molar-refractivity contribution in [2.24, 2.45) is 0 Å². The summed E-state index contributed by atoms with van der Waals surface area (Å²) >= 11 is 0. The summed E-state index contributed by atoms with van der Waals surface area (Å²) in [4.78, 5) is 40.7. The molecule has 0 spiro atoms. The van der Waals surface area contributed by atoms with Crippen LogP contribution in [0.15, 0.2) is 24.5 Å². The number of hydrogen-bond acceptors (Lipinski definition) is 6. The largest absolute Gasteiger partial charge is 0.369 e. The van der Waals surface area contributed by atoms with Gasteiger partial charge in [-0.15, -0.1) is 0 Å². The summed E-state index contributed by atoms with van der Waals surface area (Å²) in [5.74, 6) is 1.50. The van der Waals surface area contributed by atoms with Gasteiger partial charge < -0.3 is 15.1 Å². The highest BCUT2D eigenvalue weighted by atomic mass is 16.2. The molecule has 2 amide bonds. The first-order valence-corrected chi connectivity index (χ1v) is 9.48. The van der Waals surface area contributed by atoms with Gasteiger partial charge in [-0.1, -0.05) is 0 Å². The standard InChI is InChI=1S/C20H26N6O2/c1-14-15(2)23-20(17-5-4-7-21-13-17)24-19(14)22-8-6-18(28)26-11-9-25(10-12-26)16(3)27/h4-5,7,13H,6,8-12H2,1-3H3,(H,22,23,24). The van der Waals surface area contributed by atoms with E-state index in [-0.39, 0.29) is 11.8 Å². The lowest BCUT2D eigenvalue weighted by atomic mass is 10.2. The average Bonchev–Trinajstić information content (AvgIpc) is 2.71. The van der Waals surface area contributed by atoms with Crippen LogP contribution < -0.4 is 5.32 Å². The first-order valence-electron chi connectivity index (χ1n) is 9.48. The number of hydrogen-bond donors (Lipinski definition) is 1. The smallest absolute Gasteiger partial charge is 0.224 e. The van der Waals surface area contributed by atoms with Crippen LogP contribution in [0.3, 0.4) is 0 Å². The Labute approximate surface area is 165 Å². The number of aryl methyl sites for hydroxylation is 1. The number of pyridine rings is 1. The van der Waals surface area contributed by atoms with Gasteiger partial charge in [0.15, 0.2) is 5.82 Å². The zero-order valence-corrected chi connectivity index (χ0v) is 16.6. The van der Waals surface area contributed by atoms with Crippen LogP contribution in [-0.2, 0) is 9.59 Å². The van der Waals surface area contributed by atoms with E-state index in [1.165, 1.54) is 0 Å². The third kappa shape index (κ3) is 4.62. The third-order valence-electron chi connectivity index (χ3n) is 5.02. The van der Waals surface area contributed by atoms with Gasteiger partial charge in [0, 0.05) is 75.3 Å². The van der Waals surface area contributed by atoms with E-state index in [4.69, 9.17) is 0 Å². The summed E-state index contributed by atoms with van der Waals surface area (Å²) in [6, 6.07) is 3.77. The van der Waals surface area contributed by atoms with Crippen molar-refractivity contribution in [3.8, 4) is 11.4 Å². The highest BCUT2D eigenvalue weighted by Crippen LogP contribution is 2.21. The Morgan fingerprint density at radius 2 is 1.82 bits per heavy atom. The molecule has 0 bridgehead atoms. The van der Waals surface area contributed by atoms with Crippen LogP contribution in [0.4, 0.5) is 5.82 Å². The van der Waals surface area contributed by atoms with E-state index in [9.17, 15) is 9.59 Å². The molecule has 1 aliphatic heterocycles. The first kappa shape index (κ1) is 19.7. The Morgan fingerprint density at radius 3 is 2.46 bits per heavy atom. The highest BCUT2D eigenvalue weighted by molar-refractivity contribution is 5.78. The van der Waals surface area contributed by atoms with Crippen molar-refractivity contribution in [1.29, 1.82) is 0 Å². The number of nitrogens with zero attached hydrogens (tertiary/aromatic N) is 5. The van der Waals surface area contributed by atoms with E-state index in [1.807, 2.05) is 30.9 Å². The van der Waals surface area contributed by atoms with Gasteiger partial charge in [-0.3, -0.25) is 14.6 Å². The summed E-state index contributed by atoms with van der Waals surface area (Å²) < 4.78 is 0. The Bertz CT molecular complexity index is 847. The Balaban J connectivity index is 1.58. The molecule has 1 N–H and O–H groups in total. The second kappa shape index (κ2) is 8.77. The van der Waals surface area contributed by atoms with Crippen LogP contribution in [-0.4, -0.2) is 69.3 Å². The van der Waals surface area contributed by atoms with Gasteiger partial charge in [0.1, 0.15) is 5.82 Å². The van der Waals surface area contributed by atoms with Crippen molar-refractivity contribution in [2.75, 3.05) is 38.0 Å². The second-order valence-electron chi connectivity index (χ2n) is 6.91. The fourth-order valence-electron chi connectivity index (χ4n) is 3.14. The molecule has 0 saturated carbocycles. The minimum atomic E-state index is 0.0628. The van der Waals surface area contributed by atoms with E-state index in [2.05, 4.69) is 20.3 Å². The van der Waals surface area contributed by atoms with Gasteiger partial charge in [0.05, 0.1) is 0 Å². The molecule has 1 aliphatic rings. The average molecular weight is 382 g/mol. The molecule has 2 aromatic rings. The molecular weight excluding hydrogens is 356 g/mol. The predicted molar refractivity (Wildman–Crippen MR) is 107 cm³/mol. The number of nitrogens with one attached hydrogen (secondary N) is 1. The number of aromatic nitrogens is 3. The molecule has 2 aromatic heterocycles. The summed E-state index contributed by atoms with van der Waals surface area (Å²) in [7, 11) is 0. The van der Waals surface area contributed by atoms with Gasteiger partial charge in [0.2, 0.25) is 11.8 Å². The maximum atomic E-state index is 12.4. The van der Waals surface area contributed by atoms with Crippen LogP contribution in [0.5, 0.6) is 0 Å².